The summed E-state index contributed by atoms with van der Waals surface area (Å²) in [5, 5.41) is 21.4. The topological polar surface area (TPSA) is 61.0 Å². The summed E-state index contributed by atoms with van der Waals surface area (Å²) in [6.07, 6.45) is 5.65. The van der Waals surface area contributed by atoms with Gasteiger partial charge in [-0.05, 0) is 49.9 Å². The molecule has 0 saturated heterocycles. The van der Waals surface area contributed by atoms with E-state index in [-0.39, 0.29) is 6.61 Å². The van der Waals surface area contributed by atoms with Crippen LogP contribution < -0.4 is 0 Å². The van der Waals surface area contributed by atoms with Crippen LogP contribution in [0.2, 0.25) is 0 Å². The molecule has 5 nitrogen and oxygen atoms in total. The van der Waals surface area contributed by atoms with Gasteiger partial charge in [-0.25, -0.2) is 0 Å². The summed E-state index contributed by atoms with van der Waals surface area (Å²) in [5.74, 6) is 0. The van der Waals surface area contributed by atoms with Crippen molar-refractivity contribution in [3.63, 3.8) is 0 Å². The van der Waals surface area contributed by atoms with Gasteiger partial charge in [-0.1, -0.05) is 17.7 Å². The van der Waals surface area contributed by atoms with E-state index in [0.29, 0.717) is 13.1 Å². The van der Waals surface area contributed by atoms with Gasteiger partial charge in [0.25, 0.3) is 0 Å². The number of rotatable bonds is 7. The Balaban J connectivity index is 2.01. The van der Waals surface area contributed by atoms with Gasteiger partial charge in [-0.15, -0.1) is 0 Å². The molecule has 1 atom stereocenters. The lowest BCUT2D eigenvalue weighted by Crippen LogP contribution is -2.33. The van der Waals surface area contributed by atoms with Crippen LogP contribution in [0.1, 0.15) is 23.7 Å². The van der Waals surface area contributed by atoms with E-state index in [0.717, 1.165) is 30.6 Å². The van der Waals surface area contributed by atoms with Crippen LogP contribution >= 0.6 is 0 Å². The van der Waals surface area contributed by atoms with Gasteiger partial charge in [0.15, 0.2) is 0 Å². The highest BCUT2D eigenvalue weighted by molar-refractivity contribution is 5.86. The highest BCUT2D eigenvalue weighted by Gasteiger charge is 2.25. The molecule has 0 radical (unpaired) electrons. The van der Waals surface area contributed by atoms with Gasteiger partial charge in [0.1, 0.15) is 0 Å². The molecular formula is C22H29N3O2. The average molecular weight is 367 g/mol. The molecule has 1 aromatic carbocycles. The Morgan fingerprint density at radius 2 is 2.22 bits per heavy atom. The third-order valence-electron chi connectivity index (χ3n) is 5.35. The zero-order valence-corrected chi connectivity index (χ0v) is 16.2. The Bertz CT molecular complexity index is 879. The molecule has 0 bridgehead atoms. The zero-order chi connectivity index (χ0) is 19.4. The van der Waals surface area contributed by atoms with E-state index in [1.165, 1.54) is 22.2 Å². The lowest BCUT2D eigenvalue weighted by atomic mass is 10.0. The third-order valence-corrected chi connectivity index (χ3v) is 5.35. The van der Waals surface area contributed by atoms with Crippen molar-refractivity contribution in [1.29, 1.82) is 0 Å². The number of hydrogen-bond donors (Lipinski definition) is 2. The molecule has 0 spiro atoms. The summed E-state index contributed by atoms with van der Waals surface area (Å²) in [6, 6.07) is 6.51. The summed E-state index contributed by atoms with van der Waals surface area (Å²) in [5.41, 5.74) is 5.85. The van der Waals surface area contributed by atoms with Crippen LogP contribution in [0.3, 0.4) is 0 Å². The maximum absolute atomic E-state index is 10.8. The molecule has 1 aromatic heterocycles. The Kier molecular flexibility index (Phi) is 6.26. The van der Waals surface area contributed by atoms with Crippen LogP contribution in [-0.4, -0.2) is 52.2 Å². The number of fused-ring (bicyclic) bond motifs is 3. The highest BCUT2D eigenvalue weighted by Crippen LogP contribution is 2.32. The molecule has 1 unspecified atom stereocenters. The maximum Gasteiger partial charge on any atom is 0.0966 e. The molecule has 0 aliphatic carbocycles. The maximum atomic E-state index is 10.8. The van der Waals surface area contributed by atoms with E-state index in [1.54, 1.807) is 6.20 Å². The minimum absolute atomic E-state index is 0.181. The SMILES string of the molecule is C=N/C=C\C(=C/C)C(O)Cn1c2c(c3cc(C)ccc31)CN(CCO)CC2. The number of aliphatic hydroxyl groups is 2. The van der Waals surface area contributed by atoms with E-state index in [2.05, 4.69) is 46.3 Å². The molecule has 2 heterocycles. The van der Waals surface area contributed by atoms with Crippen LogP contribution in [0.4, 0.5) is 0 Å². The summed E-state index contributed by atoms with van der Waals surface area (Å²) < 4.78 is 2.27. The van der Waals surface area contributed by atoms with Crippen LogP contribution in [-0.2, 0) is 19.5 Å². The van der Waals surface area contributed by atoms with Gasteiger partial charge in [-0.2, -0.15) is 0 Å². The average Bonchev–Trinajstić information content (AvgIpc) is 2.95. The fourth-order valence-electron chi connectivity index (χ4n) is 3.98. The Labute approximate surface area is 160 Å². The number of allylic oxidation sites excluding steroid dienone is 1. The van der Waals surface area contributed by atoms with Crippen molar-refractivity contribution >= 4 is 17.6 Å². The van der Waals surface area contributed by atoms with Gasteiger partial charge in [0.2, 0.25) is 0 Å². The van der Waals surface area contributed by atoms with Gasteiger partial charge in [-0.3, -0.25) is 9.89 Å². The van der Waals surface area contributed by atoms with Crippen molar-refractivity contribution < 1.29 is 10.2 Å². The van der Waals surface area contributed by atoms with Crippen LogP contribution in [0.5, 0.6) is 0 Å². The number of nitrogens with zero attached hydrogens (tertiary/aromatic N) is 3. The molecule has 5 heteroatoms. The van der Waals surface area contributed by atoms with Crippen molar-refractivity contribution in [3.8, 4) is 0 Å². The number of aromatic nitrogens is 1. The summed E-state index contributed by atoms with van der Waals surface area (Å²) >= 11 is 0. The summed E-state index contributed by atoms with van der Waals surface area (Å²) in [7, 11) is 0. The molecule has 1 aliphatic rings. The quantitative estimate of drug-likeness (QED) is 0.584. The Morgan fingerprint density at radius 3 is 2.93 bits per heavy atom. The molecule has 3 rings (SSSR count). The van der Waals surface area contributed by atoms with Crippen LogP contribution in [0.25, 0.3) is 10.9 Å². The first-order chi connectivity index (χ1) is 13.1. The molecule has 0 saturated carbocycles. The molecule has 2 aromatic rings. The second kappa shape index (κ2) is 8.65. The highest BCUT2D eigenvalue weighted by atomic mass is 16.3. The van der Waals surface area contributed by atoms with E-state index in [1.807, 2.05) is 19.1 Å². The van der Waals surface area contributed by atoms with Crippen LogP contribution in [0, 0.1) is 6.92 Å². The fourth-order valence-corrected chi connectivity index (χ4v) is 3.98. The normalized spacial score (nSPS) is 16.8. The monoisotopic (exact) mass is 367 g/mol. The smallest absolute Gasteiger partial charge is 0.0966 e. The minimum atomic E-state index is -0.607. The first-order valence-electron chi connectivity index (χ1n) is 9.49. The number of β-amino-alcohol motifs (C(OH)–C–C–N with tert-alkyl or cyclic N) is 1. The first-order valence-corrected chi connectivity index (χ1v) is 9.49. The van der Waals surface area contributed by atoms with E-state index >= 15 is 0 Å². The summed E-state index contributed by atoms with van der Waals surface area (Å²) in [6.45, 7) is 10.6. The number of aryl methyl sites for hydroxylation is 1. The molecular weight excluding hydrogens is 338 g/mol. The Hall–Kier alpha value is -2.21. The van der Waals surface area contributed by atoms with Crippen molar-refractivity contribution in [2.24, 2.45) is 4.99 Å². The van der Waals surface area contributed by atoms with Crippen molar-refractivity contribution in [1.82, 2.24) is 9.47 Å². The predicted molar refractivity (Wildman–Crippen MR) is 111 cm³/mol. The van der Waals surface area contributed by atoms with Crippen molar-refractivity contribution in [2.45, 2.75) is 39.5 Å². The summed E-state index contributed by atoms with van der Waals surface area (Å²) in [4.78, 5) is 6.04. The molecule has 0 amide bonds. The second-order valence-electron chi connectivity index (χ2n) is 7.11. The Morgan fingerprint density at radius 1 is 1.41 bits per heavy atom. The van der Waals surface area contributed by atoms with Crippen molar-refractivity contribution in [2.75, 3.05) is 19.7 Å². The largest absolute Gasteiger partial charge is 0.395 e. The zero-order valence-electron chi connectivity index (χ0n) is 16.2. The number of benzene rings is 1. The third kappa shape index (κ3) is 4.05. The fraction of sp³-hybridized carbons (Fsp3) is 0.409. The molecule has 0 fully saturated rings. The van der Waals surface area contributed by atoms with Crippen LogP contribution in [0.15, 0.2) is 47.1 Å². The number of aliphatic hydroxyl groups excluding tert-OH is 2. The lowest BCUT2D eigenvalue weighted by molar-refractivity contribution is 0.178. The number of hydrogen-bond acceptors (Lipinski definition) is 4. The predicted octanol–water partition coefficient (Wildman–Crippen LogP) is 2.82. The van der Waals surface area contributed by atoms with Gasteiger partial charge in [0, 0.05) is 48.9 Å². The van der Waals surface area contributed by atoms with Gasteiger partial charge < -0.3 is 14.8 Å². The molecule has 1 aliphatic heterocycles. The van der Waals surface area contributed by atoms with E-state index in [4.69, 9.17) is 0 Å². The van der Waals surface area contributed by atoms with Crippen molar-refractivity contribution in [3.05, 3.63) is 58.9 Å². The van der Waals surface area contributed by atoms with Gasteiger partial charge in [0.05, 0.1) is 19.3 Å². The van der Waals surface area contributed by atoms with E-state index in [9.17, 15) is 10.2 Å². The van der Waals surface area contributed by atoms with E-state index < -0.39 is 6.10 Å². The molecule has 27 heavy (non-hydrogen) atoms. The standard InChI is InChI=1S/C22H29N3O2/c1-4-17(7-9-23-3)22(27)15-25-20-6-5-16(2)13-18(20)19-14-24(11-12-26)10-8-21(19)25/h4-7,9,13,22,26-27H,3,8,10-12,14-15H2,1-2H3/b9-7-,17-4+. The minimum Gasteiger partial charge on any atom is -0.395 e. The molecule has 2 N–H and O–H groups in total. The first kappa shape index (κ1) is 19.5. The second-order valence-corrected chi connectivity index (χ2v) is 7.11. The number of aliphatic imine (C=N–C) groups is 1. The molecule has 144 valence electrons. The lowest BCUT2D eigenvalue weighted by Gasteiger charge is -2.28. The van der Waals surface area contributed by atoms with Gasteiger partial charge >= 0.3 is 0 Å².